The molecule has 0 aromatic heterocycles. The Balaban J connectivity index is 2.46. The molecule has 0 saturated heterocycles. The molecular weight excluding hydrogens is 246 g/mol. The highest BCUT2D eigenvalue weighted by Crippen LogP contribution is 2.15. The molecule has 5 heteroatoms. The van der Waals surface area contributed by atoms with Gasteiger partial charge in [-0.05, 0) is 31.2 Å². The number of nitrogens with one attached hydrogen (secondary N) is 1. The molecule has 0 spiro atoms. The summed E-state index contributed by atoms with van der Waals surface area (Å²) < 4.78 is 9.99. The summed E-state index contributed by atoms with van der Waals surface area (Å²) in [7, 11) is 0. The fraction of sp³-hybridized carbons (Fsp3) is 0.286. The molecule has 0 aliphatic carbocycles. The van der Waals surface area contributed by atoms with E-state index in [-0.39, 0.29) is 13.0 Å². The zero-order valence-corrected chi connectivity index (χ0v) is 10.8. The summed E-state index contributed by atoms with van der Waals surface area (Å²) in [6, 6.07) is 6.84. The van der Waals surface area contributed by atoms with Crippen molar-refractivity contribution in [1.82, 2.24) is 0 Å². The van der Waals surface area contributed by atoms with Crippen LogP contribution in [0, 0.1) is 0 Å². The van der Waals surface area contributed by atoms with E-state index < -0.39 is 11.9 Å². The van der Waals surface area contributed by atoms with Crippen LogP contribution in [0.15, 0.2) is 36.9 Å². The maximum atomic E-state index is 11.5. The van der Waals surface area contributed by atoms with Crippen molar-refractivity contribution in [3.8, 4) is 5.75 Å². The molecule has 0 heterocycles. The lowest BCUT2D eigenvalue weighted by molar-refractivity contribution is -0.145. The van der Waals surface area contributed by atoms with Crippen LogP contribution in [0.4, 0.5) is 5.69 Å². The van der Waals surface area contributed by atoms with Crippen LogP contribution in [0.1, 0.15) is 13.3 Å². The summed E-state index contributed by atoms with van der Waals surface area (Å²) in [5.74, 6) is -0.257. The monoisotopic (exact) mass is 263 g/mol. The first kappa shape index (κ1) is 14.8. The van der Waals surface area contributed by atoms with E-state index in [1.165, 1.54) is 0 Å². The topological polar surface area (TPSA) is 64.6 Å². The number of anilines is 1. The van der Waals surface area contributed by atoms with Crippen molar-refractivity contribution in [2.24, 2.45) is 0 Å². The van der Waals surface area contributed by atoms with Crippen LogP contribution in [0.3, 0.4) is 0 Å². The second-order valence-electron chi connectivity index (χ2n) is 3.65. The number of carbonyl (C=O) groups excluding carboxylic acids is 2. The largest absolute Gasteiger partial charge is 0.490 e. The zero-order valence-electron chi connectivity index (χ0n) is 10.8. The highest BCUT2D eigenvalue weighted by molar-refractivity contribution is 6.01. The number of amides is 1. The van der Waals surface area contributed by atoms with Crippen molar-refractivity contribution in [3.63, 3.8) is 0 Å². The van der Waals surface area contributed by atoms with Gasteiger partial charge in [0.2, 0.25) is 5.91 Å². The minimum Gasteiger partial charge on any atom is -0.490 e. The number of rotatable bonds is 7. The molecule has 0 aliphatic heterocycles. The van der Waals surface area contributed by atoms with Gasteiger partial charge in [-0.3, -0.25) is 9.59 Å². The molecule has 0 atom stereocenters. The van der Waals surface area contributed by atoms with Gasteiger partial charge < -0.3 is 14.8 Å². The summed E-state index contributed by atoms with van der Waals surface area (Å²) in [6.07, 6.45) is 1.36. The molecule has 1 N–H and O–H groups in total. The van der Waals surface area contributed by atoms with Gasteiger partial charge in [-0.1, -0.05) is 12.7 Å². The minimum atomic E-state index is -0.536. The number of hydrogen-bond donors (Lipinski definition) is 1. The van der Waals surface area contributed by atoms with Gasteiger partial charge in [0.25, 0.3) is 0 Å². The van der Waals surface area contributed by atoms with Crippen molar-refractivity contribution in [3.05, 3.63) is 36.9 Å². The van der Waals surface area contributed by atoms with E-state index in [1.54, 1.807) is 37.3 Å². The standard InChI is InChI=1S/C14H17NO4/c1-3-9-19-12-7-5-11(6-8-12)15-13(16)10-14(17)18-4-2/h3,5-8H,1,4,9-10H2,2H3,(H,15,16). The second-order valence-corrected chi connectivity index (χ2v) is 3.65. The maximum Gasteiger partial charge on any atom is 0.315 e. The number of hydrogen-bond acceptors (Lipinski definition) is 4. The van der Waals surface area contributed by atoms with Crippen molar-refractivity contribution < 1.29 is 19.1 Å². The zero-order chi connectivity index (χ0) is 14.1. The van der Waals surface area contributed by atoms with E-state index in [9.17, 15) is 9.59 Å². The van der Waals surface area contributed by atoms with Crippen LogP contribution >= 0.6 is 0 Å². The van der Waals surface area contributed by atoms with Crippen LogP contribution in [0.2, 0.25) is 0 Å². The average Bonchev–Trinajstić information content (AvgIpc) is 2.38. The third-order valence-electron chi connectivity index (χ3n) is 2.12. The first-order valence-corrected chi connectivity index (χ1v) is 5.95. The lowest BCUT2D eigenvalue weighted by Gasteiger charge is -2.07. The highest BCUT2D eigenvalue weighted by atomic mass is 16.5. The summed E-state index contributed by atoms with van der Waals surface area (Å²) in [5.41, 5.74) is 0.597. The van der Waals surface area contributed by atoms with Gasteiger partial charge in [-0.15, -0.1) is 0 Å². The molecule has 102 valence electrons. The first-order valence-electron chi connectivity index (χ1n) is 5.95. The lowest BCUT2D eigenvalue weighted by atomic mass is 10.3. The van der Waals surface area contributed by atoms with Crippen LogP contribution in [-0.4, -0.2) is 25.1 Å². The number of benzene rings is 1. The van der Waals surface area contributed by atoms with Gasteiger partial charge in [0.15, 0.2) is 0 Å². The van der Waals surface area contributed by atoms with Crippen molar-refractivity contribution in [2.75, 3.05) is 18.5 Å². The van der Waals surface area contributed by atoms with Crippen LogP contribution in [0.25, 0.3) is 0 Å². The molecule has 0 fully saturated rings. The van der Waals surface area contributed by atoms with E-state index in [0.29, 0.717) is 18.0 Å². The Bertz CT molecular complexity index is 439. The van der Waals surface area contributed by atoms with E-state index in [2.05, 4.69) is 16.6 Å². The summed E-state index contributed by atoms with van der Waals surface area (Å²) in [5, 5.41) is 2.60. The maximum absolute atomic E-state index is 11.5. The van der Waals surface area contributed by atoms with Gasteiger partial charge in [-0.2, -0.15) is 0 Å². The predicted octanol–water partition coefficient (Wildman–Crippen LogP) is 2.14. The smallest absolute Gasteiger partial charge is 0.315 e. The van der Waals surface area contributed by atoms with Crippen LogP contribution in [0.5, 0.6) is 5.75 Å². The quantitative estimate of drug-likeness (QED) is 0.465. The van der Waals surface area contributed by atoms with Crippen molar-refractivity contribution >= 4 is 17.6 Å². The first-order chi connectivity index (χ1) is 9.15. The molecule has 1 amide bonds. The molecule has 0 unspecified atom stereocenters. The molecule has 0 saturated carbocycles. The predicted molar refractivity (Wildman–Crippen MR) is 72.0 cm³/mol. The minimum absolute atomic E-state index is 0.265. The molecule has 1 aromatic carbocycles. The van der Waals surface area contributed by atoms with E-state index in [0.717, 1.165) is 0 Å². The van der Waals surface area contributed by atoms with E-state index in [4.69, 9.17) is 4.74 Å². The Labute approximate surface area is 112 Å². The van der Waals surface area contributed by atoms with Crippen molar-refractivity contribution in [1.29, 1.82) is 0 Å². The van der Waals surface area contributed by atoms with Crippen molar-refractivity contribution in [2.45, 2.75) is 13.3 Å². The molecule has 0 bridgehead atoms. The lowest BCUT2D eigenvalue weighted by Crippen LogP contribution is -2.18. The molecule has 1 rings (SSSR count). The highest BCUT2D eigenvalue weighted by Gasteiger charge is 2.10. The molecule has 0 aliphatic rings. The third-order valence-corrected chi connectivity index (χ3v) is 2.12. The van der Waals surface area contributed by atoms with Gasteiger partial charge in [-0.25, -0.2) is 0 Å². The van der Waals surface area contributed by atoms with Crippen LogP contribution < -0.4 is 10.1 Å². The number of ether oxygens (including phenoxy) is 2. The SMILES string of the molecule is C=CCOc1ccc(NC(=O)CC(=O)OCC)cc1. The Morgan fingerprint density at radius 3 is 2.58 bits per heavy atom. The van der Waals surface area contributed by atoms with Gasteiger partial charge in [0.1, 0.15) is 18.8 Å². The van der Waals surface area contributed by atoms with E-state index >= 15 is 0 Å². The molecule has 5 nitrogen and oxygen atoms in total. The fourth-order valence-corrected chi connectivity index (χ4v) is 1.34. The Morgan fingerprint density at radius 2 is 2.00 bits per heavy atom. The fourth-order valence-electron chi connectivity index (χ4n) is 1.34. The number of carbonyl (C=O) groups is 2. The Kier molecular flexibility index (Phi) is 6.15. The normalized spacial score (nSPS) is 9.53. The third kappa shape index (κ3) is 5.72. The molecular formula is C14H17NO4. The van der Waals surface area contributed by atoms with Gasteiger partial charge in [0, 0.05) is 5.69 Å². The van der Waals surface area contributed by atoms with Gasteiger partial charge >= 0.3 is 5.97 Å². The van der Waals surface area contributed by atoms with Crippen LogP contribution in [-0.2, 0) is 14.3 Å². The number of esters is 1. The van der Waals surface area contributed by atoms with E-state index in [1.807, 2.05) is 0 Å². The summed E-state index contributed by atoms with van der Waals surface area (Å²) in [6.45, 7) is 5.93. The average molecular weight is 263 g/mol. The Morgan fingerprint density at radius 1 is 1.32 bits per heavy atom. The molecule has 0 radical (unpaired) electrons. The Hall–Kier alpha value is -2.30. The molecule has 19 heavy (non-hydrogen) atoms. The molecule has 1 aromatic rings. The second kappa shape index (κ2) is 7.92. The summed E-state index contributed by atoms with van der Waals surface area (Å²) >= 11 is 0. The summed E-state index contributed by atoms with van der Waals surface area (Å²) in [4.78, 5) is 22.6. The van der Waals surface area contributed by atoms with Gasteiger partial charge in [0.05, 0.1) is 6.61 Å².